The summed E-state index contributed by atoms with van der Waals surface area (Å²) in [6, 6.07) is 9.42. The first-order valence-electron chi connectivity index (χ1n) is 7.98. The highest BCUT2D eigenvalue weighted by Crippen LogP contribution is 2.20. The van der Waals surface area contributed by atoms with Crippen LogP contribution in [0.1, 0.15) is 12.5 Å². The predicted molar refractivity (Wildman–Crippen MR) is 103 cm³/mol. The van der Waals surface area contributed by atoms with Gasteiger partial charge < -0.3 is 15.4 Å². The van der Waals surface area contributed by atoms with E-state index < -0.39 is 0 Å². The number of carbonyl (C=O) groups is 1. The summed E-state index contributed by atoms with van der Waals surface area (Å²) in [6.45, 7) is 4.19. The molecule has 1 aliphatic rings. The first-order chi connectivity index (χ1) is 11.6. The van der Waals surface area contributed by atoms with E-state index in [2.05, 4.69) is 15.6 Å². The minimum Gasteiger partial charge on any atom is -0.439 e. The summed E-state index contributed by atoms with van der Waals surface area (Å²) < 4.78 is 18.6. The number of pyridine rings is 1. The van der Waals surface area contributed by atoms with Crippen molar-refractivity contribution in [2.45, 2.75) is 13.5 Å². The average Bonchev–Trinajstić information content (AvgIpc) is 2.52. The van der Waals surface area contributed by atoms with Crippen molar-refractivity contribution in [1.29, 1.82) is 0 Å². The Balaban J connectivity index is 0.00000169. The summed E-state index contributed by atoms with van der Waals surface area (Å²) >= 11 is 0. The summed E-state index contributed by atoms with van der Waals surface area (Å²) in [5.74, 6) is 0.903. The molecule has 2 heterocycles. The zero-order valence-electron chi connectivity index (χ0n) is 14.3. The zero-order valence-corrected chi connectivity index (χ0v) is 15.9. The molecular weight excluding hydrogens is 380 g/mol. The first kappa shape index (κ1) is 22.2. The molecule has 1 unspecified atom stereocenters. The first-order valence-corrected chi connectivity index (χ1v) is 7.98. The van der Waals surface area contributed by atoms with E-state index in [1.807, 2.05) is 13.0 Å². The lowest BCUT2D eigenvalue weighted by atomic mass is 9.88. The summed E-state index contributed by atoms with van der Waals surface area (Å²) in [7, 11) is 0. The lowest BCUT2D eigenvalue weighted by Gasteiger charge is -2.31. The van der Waals surface area contributed by atoms with Crippen molar-refractivity contribution in [3.63, 3.8) is 0 Å². The number of halogens is 3. The number of ether oxygens (including phenoxy) is 1. The van der Waals surface area contributed by atoms with E-state index in [9.17, 15) is 9.18 Å². The second-order valence-corrected chi connectivity index (χ2v) is 5.99. The normalized spacial score (nSPS) is 14.2. The van der Waals surface area contributed by atoms with Gasteiger partial charge in [-0.05, 0) is 36.7 Å². The van der Waals surface area contributed by atoms with Gasteiger partial charge in [0.1, 0.15) is 11.6 Å². The average molecular weight is 402 g/mol. The molecule has 0 saturated carbocycles. The molecule has 2 N–H and O–H groups in total. The Kier molecular flexibility index (Phi) is 8.78. The summed E-state index contributed by atoms with van der Waals surface area (Å²) in [6.07, 6.45) is 1.64. The highest BCUT2D eigenvalue weighted by molar-refractivity contribution is 5.85. The van der Waals surface area contributed by atoms with Crippen LogP contribution in [0.4, 0.5) is 4.39 Å². The third-order valence-electron chi connectivity index (χ3n) is 4.22. The maximum Gasteiger partial charge on any atom is 0.223 e. The molecule has 142 valence electrons. The molecule has 3 rings (SSSR count). The van der Waals surface area contributed by atoms with Crippen molar-refractivity contribution in [3.8, 4) is 11.6 Å². The molecule has 1 aliphatic heterocycles. The molecule has 0 aliphatic carbocycles. The summed E-state index contributed by atoms with van der Waals surface area (Å²) in [5, 5.41) is 6.10. The lowest BCUT2D eigenvalue weighted by Crippen LogP contribution is -2.49. The largest absolute Gasteiger partial charge is 0.439 e. The van der Waals surface area contributed by atoms with Crippen molar-refractivity contribution in [3.05, 3.63) is 54.0 Å². The molecule has 1 amide bonds. The molecule has 0 spiro atoms. The van der Waals surface area contributed by atoms with E-state index in [4.69, 9.17) is 4.74 Å². The number of rotatable bonds is 6. The molecule has 0 radical (unpaired) electrons. The quantitative estimate of drug-likeness (QED) is 0.778. The number of hydrogen-bond donors (Lipinski definition) is 2. The van der Waals surface area contributed by atoms with Gasteiger partial charge in [0.05, 0.1) is 0 Å². The van der Waals surface area contributed by atoms with Crippen molar-refractivity contribution in [1.82, 2.24) is 15.6 Å². The van der Waals surface area contributed by atoms with Crippen LogP contribution in [0.25, 0.3) is 0 Å². The Hall–Kier alpha value is -1.89. The number of carbonyl (C=O) groups excluding carboxylic acids is 1. The molecule has 8 heteroatoms. The van der Waals surface area contributed by atoms with Crippen LogP contribution in [0.15, 0.2) is 42.6 Å². The number of hydrogen-bond acceptors (Lipinski definition) is 4. The third-order valence-corrected chi connectivity index (χ3v) is 4.22. The van der Waals surface area contributed by atoms with Crippen LogP contribution in [0.5, 0.6) is 11.6 Å². The lowest BCUT2D eigenvalue weighted by molar-refractivity contribution is -0.126. The molecule has 1 fully saturated rings. The van der Waals surface area contributed by atoms with Gasteiger partial charge in [0, 0.05) is 30.8 Å². The Bertz CT molecular complexity index is 712. The summed E-state index contributed by atoms with van der Waals surface area (Å²) in [4.78, 5) is 16.3. The van der Waals surface area contributed by atoms with E-state index in [-0.39, 0.29) is 42.5 Å². The van der Waals surface area contributed by atoms with E-state index >= 15 is 0 Å². The number of amides is 1. The van der Waals surface area contributed by atoms with Gasteiger partial charge in [0.25, 0.3) is 0 Å². The highest BCUT2D eigenvalue weighted by atomic mass is 35.5. The Morgan fingerprint density at radius 1 is 1.35 bits per heavy atom. The molecule has 5 nitrogen and oxygen atoms in total. The van der Waals surface area contributed by atoms with E-state index in [0.717, 1.165) is 18.7 Å². The minimum atomic E-state index is -0.359. The predicted octanol–water partition coefficient (Wildman–Crippen LogP) is 3.33. The van der Waals surface area contributed by atoms with Crippen LogP contribution >= 0.6 is 24.8 Å². The fraction of sp³-hybridized carbons (Fsp3) is 0.333. The molecule has 2 aromatic rings. The second-order valence-electron chi connectivity index (χ2n) is 5.99. The number of aromatic nitrogens is 1. The minimum absolute atomic E-state index is 0. The Labute approximate surface area is 164 Å². The van der Waals surface area contributed by atoms with Gasteiger partial charge in [-0.2, -0.15) is 0 Å². The van der Waals surface area contributed by atoms with E-state index in [1.165, 1.54) is 12.1 Å². The van der Waals surface area contributed by atoms with E-state index in [1.54, 1.807) is 24.4 Å². The zero-order chi connectivity index (χ0) is 16.9. The fourth-order valence-electron chi connectivity index (χ4n) is 2.46. The smallest absolute Gasteiger partial charge is 0.223 e. The van der Waals surface area contributed by atoms with Gasteiger partial charge >= 0.3 is 0 Å². The van der Waals surface area contributed by atoms with Gasteiger partial charge in [0.15, 0.2) is 0 Å². The molecular formula is C18H22Cl2FN3O2. The maximum absolute atomic E-state index is 13.1. The van der Waals surface area contributed by atoms with Crippen molar-refractivity contribution in [2.24, 2.45) is 11.8 Å². The second kappa shape index (κ2) is 10.3. The number of nitrogens with zero attached hydrogens (tertiary/aromatic N) is 1. The topological polar surface area (TPSA) is 63.2 Å². The van der Waals surface area contributed by atoms with Crippen molar-refractivity contribution in [2.75, 3.05) is 13.1 Å². The van der Waals surface area contributed by atoms with Crippen molar-refractivity contribution >= 4 is 30.7 Å². The standard InChI is InChI=1S/C18H20FN3O2.2ClH/c1-12(14-10-20-11-14)18(23)22-9-13-5-6-17(21-8-13)24-16-4-2-3-15(19)7-16;;/h2-8,12,14,20H,9-11H2,1H3,(H,22,23);2*1H. The molecule has 1 saturated heterocycles. The van der Waals surface area contributed by atoms with Crippen LogP contribution in [0.2, 0.25) is 0 Å². The number of nitrogens with one attached hydrogen (secondary N) is 2. The van der Waals surface area contributed by atoms with Crippen molar-refractivity contribution < 1.29 is 13.9 Å². The maximum atomic E-state index is 13.1. The molecule has 1 aromatic carbocycles. The molecule has 0 bridgehead atoms. The highest BCUT2D eigenvalue weighted by Gasteiger charge is 2.28. The van der Waals surface area contributed by atoms with Gasteiger partial charge in [-0.3, -0.25) is 4.79 Å². The van der Waals surface area contributed by atoms with Gasteiger partial charge in [-0.25, -0.2) is 9.37 Å². The van der Waals surface area contributed by atoms with Gasteiger partial charge in [0.2, 0.25) is 11.8 Å². The number of benzene rings is 1. The van der Waals surface area contributed by atoms with Crippen LogP contribution in [-0.2, 0) is 11.3 Å². The van der Waals surface area contributed by atoms with Crippen LogP contribution in [0, 0.1) is 17.7 Å². The third kappa shape index (κ3) is 5.83. The van der Waals surface area contributed by atoms with Crippen LogP contribution in [-0.4, -0.2) is 24.0 Å². The SMILES string of the molecule is CC(C(=O)NCc1ccc(Oc2cccc(F)c2)nc1)C1CNC1.Cl.Cl. The van der Waals surface area contributed by atoms with Gasteiger partial charge in [-0.15, -0.1) is 24.8 Å². The van der Waals surface area contributed by atoms with Gasteiger partial charge in [-0.1, -0.05) is 19.1 Å². The fourth-order valence-corrected chi connectivity index (χ4v) is 2.46. The molecule has 1 aromatic heterocycles. The van der Waals surface area contributed by atoms with E-state index in [0.29, 0.717) is 24.1 Å². The molecule has 26 heavy (non-hydrogen) atoms. The summed E-state index contributed by atoms with van der Waals surface area (Å²) in [5.41, 5.74) is 0.883. The van der Waals surface area contributed by atoms with Crippen LogP contribution < -0.4 is 15.4 Å². The Morgan fingerprint density at radius 2 is 2.12 bits per heavy atom. The van der Waals surface area contributed by atoms with Crippen LogP contribution in [0.3, 0.4) is 0 Å². The Morgan fingerprint density at radius 3 is 2.69 bits per heavy atom. The molecule has 1 atom stereocenters. The monoisotopic (exact) mass is 401 g/mol.